The molecule has 0 aliphatic carbocycles. The van der Waals surface area contributed by atoms with Gasteiger partial charge in [0.1, 0.15) is 0 Å². The van der Waals surface area contributed by atoms with E-state index in [1.54, 1.807) is 0 Å². The van der Waals surface area contributed by atoms with Crippen molar-refractivity contribution >= 4 is 5.91 Å². The van der Waals surface area contributed by atoms with Crippen molar-refractivity contribution in [3.8, 4) is 0 Å². The molecule has 0 spiro atoms. The van der Waals surface area contributed by atoms with Crippen molar-refractivity contribution in [2.75, 3.05) is 0 Å². The van der Waals surface area contributed by atoms with Gasteiger partial charge in [-0.25, -0.2) is 0 Å². The Morgan fingerprint density at radius 2 is 2.08 bits per heavy atom. The Hall–Kier alpha value is -2.35. The average Bonchev–Trinajstić information content (AvgIpc) is 2.96. The highest BCUT2D eigenvalue weighted by molar-refractivity contribution is 5.94. The van der Waals surface area contributed by atoms with E-state index < -0.39 is 17.6 Å². The van der Waals surface area contributed by atoms with Gasteiger partial charge in [-0.05, 0) is 25.5 Å². The quantitative estimate of drug-likeness (QED) is 0.889. The molecular formula is C17H18F3N3O2. The van der Waals surface area contributed by atoms with Gasteiger partial charge in [0.15, 0.2) is 5.69 Å². The van der Waals surface area contributed by atoms with Crippen LogP contribution in [0.15, 0.2) is 24.3 Å². The molecule has 1 aromatic heterocycles. The Morgan fingerprint density at radius 3 is 2.80 bits per heavy atom. The second-order valence-corrected chi connectivity index (χ2v) is 6.10. The average molecular weight is 353 g/mol. The number of alkyl halides is 3. The van der Waals surface area contributed by atoms with E-state index in [1.165, 1.54) is 18.2 Å². The third-order valence-electron chi connectivity index (χ3n) is 4.21. The number of amides is 1. The van der Waals surface area contributed by atoms with Crippen LogP contribution in [0.2, 0.25) is 0 Å². The number of carbonyl (C=O) groups is 1. The number of aromatic nitrogens is 2. The molecule has 2 atom stereocenters. The number of hydrogen-bond donors (Lipinski definition) is 2. The highest BCUT2D eigenvalue weighted by Crippen LogP contribution is 2.32. The molecule has 0 saturated carbocycles. The zero-order chi connectivity index (χ0) is 18.2. The number of H-pyrrole nitrogens is 1. The van der Waals surface area contributed by atoms with Crippen LogP contribution in [0.4, 0.5) is 13.2 Å². The Balaban J connectivity index is 1.77. The lowest BCUT2D eigenvalue weighted by atomic mass is 9.99. The molecule has 1 aliphatic heterocycles. The fraction of sp³-hybridized carbons (Fsp3) is 0.412. The van der Waals surface area contributed by atoms with E-state index >= 15 is 0 Å². The first-order valence-corrected chi connectivity index (χ1v) is 7.93. The number of halogens is 3. The molecule has 1 aromatic carbocycles. The monoisotopic (exact) mass is 353 g/mol. The number of ether oxygens (including phenoxy) is 1. The van der Waals surface area contributed by atoms with Gasteiger partial charge in [0.25, 0.3) is 5.91 Å². The highest BCUT2D eigenvalue weighted by Gasteiger charge is 2.33. The fourth-order valence-electron chi connectivity index (χ4n) is 3.07. The third-order valence-corrected chi connectivity index (χ3v) is 4.21. The second kappa shape index (κ2) is 6.51. The van der Waals surface area contributed by atoms with E-state index in [9.17, 15) is 18.0 Å². The Bertz CT molecular complexity index is 786. The summed E-state index contributed by atoms with van der Waals surface area (Å²) in [7, 11) is 0. The second-order valence-electron chi connectivity index (χ2n) is 6.10. The first-order chi connectivity index (χ1) is 11.8. The van der Waals surface area contributed by atoms with E-state index in [1.807, 2.05) is 13.8 Å². The molecule has 2 N–H and O–H groups in total. The number of fused-ring (bicyclic) bond motifs is 1. The summed E-state index contributed by atoms with van der Waals surface area (Å²) in [5, 5.41) is 9.35. The lowest BCUT2D eigenvalue weighted by Gasteiger charge is -2.25. The summed E-state index contributed by atoms with van der Waals surface area (Å²) in [6, 6.07) is 5.18. The normalized spacial score (nSPS) is 20.2. The van der Waals surface area contributed by atoms with Crippen LogP contribution in [0.25, 0.3) is 0 Å². The van der Waals surface area contributed by atoms with Crippen molar-refractivity contribution < 1.29 is 22.7 Å². The van der Waals surface area contributed by atoms with Gasteiger partial charge < -0.3 is 10.1 Å². The summed E-state index contributed by atoms with van der Waals surface area (Å²) >= 11 is 0. The van der Waals surface area contributed by atoms with Crippen LogP contribution < -0.4 is 5.32 Å². The van der Waals surface area contributed by atoms with Gasteiger partial charge in [-0.3, -0.25) is 9.89 Å². The van der Waals surface area contributed by atoms with Crippen LogP contribution in [0.3, 0.4) is 0 Å². The molecular weight excluding hydrogens is 335 g/mol. The molecule has 1 aliphatic rings. The minimum absolute atomic E-state index is 0.0119. The summed E-state index contributed by atoms with van der Waals surface area (Å²) in [4.78, 5) is 12.4. The smallest absolute Gasteiger partial charge is 0.369 e. The van der Waals surface area contributed by atoms with E-state index in [0.29, 0.717) is 6.42 Å². The van der Waals surface area contributed by atoms with Crippen molar-refractivity contribution in [3.63, 3.8) is 0 Å². The maximum Gasteiger partial charge on any atom is 0.416 e. The van der Waals surface area contributed by atoms with Gasteiger partial charge in [0, 0.05) is 18.5 Å². The molecule has 5 nitrogen and oxygen atoms in total. The van der Waals surface area contributed by atoms with Crippen molar-refractivity contribution in [1.82, 2.24) is 15.5 Å². The number of aromatic amines is 1. The largest absolute Gasteiger partial charge is 0.416 e. The molecule has 0 bridgehead atoms. The molecule has 1 amide bonds. The van der Waals surface area contributed by atoms with Crippen molar-refractivity contribution in [2.24, 2.45) is 0 Å². The molecule has 134 valence electrons. The first-order valence-electron chi connectivity index (χ1n) is 7.93. The number of carbonyl (C=O) groups excluding carboxylic acids is 1. The molecule has 2 aromatic rings. The number of hydrogen-bond acceptors (Lipinski definition) is 3. The van der Waals surface area contributed by atoms with E-state index in [2.05, 4.69) is 15.5 Å². The molecule has 0 unspecified atom stereocenters. The predicted molar refractivity (Wildman–Crippen MR) is 83.9 cm³/mol. The minimum atomic E-state index is -4.46. The molecule has 0 radical (unpaired) electrons. The van der Waals surface area contributed by atoms with Gasteiger partial charge in [-0.1, -0.05) is 18.2 Å². The topological polar surface area (TPSA) is 67.0 Å². The van der Waals surface area contributed by atoms with Crippen LogP contribution in [0.5, 0.6) is 0 Å². The predicted octanol–water partition coefficient (Wildman–Crippen LogP) is 3.38. The van der Waals surface area contributed by atoms with Crippen LogP contribution in [-0.4, -0.2) is 22.2 Å². The standard InChI is InChI=1S/C17H18F3N3O2/c1-9-7-12-14(10(2)25-9)22-23-15(12)16(24)21-8-11-5-3-4-6-13(11)17(18,19)20/h3-6,9-10H,7-8H2,1-2H3,(H,21,24)(H,22,23)/t9-,10+/m1/s1. The molecule has 8 heteroatoms. The van der Waals surface area contributed by atoms with Crippen molar-refractivity contribution in [3.05, 3.63) is 52.3 Å². The lowest BCUT2D eigenvalue weighted by Crippen LogP contribution is -2.28. The fourth-order valence-corrected chi connectivity index (χ4v) is 3.07. The highest BCUT2D eigenvalue weighted by atomic mass is 19.4. The van der Waals surface area contributed by atoms with Crippen molar-refractivity contribution in [1.29, 1.82) is 0 Å². The maximum absolute atomic E-state index is 13.0. The van der Waals surface area contributed by atoms with Crippen molar-refractivity contribution in [2.45, 2.75) is 45.2 Å². The minimum Gasteiger partial charge on any atom is -0.369 e. The van der Waals surface area contributed by atoms with Crippen LogP contribution in [0.1, 0.15) is 52.8 Å². The van der Waals surface area contributed by atoms with Gasteiger partial charge >= 0.3 is 6.18 Å². The van der Waals surface area contributed by atoms with Gasteiger partial charge in [-0.2, -0.15) is 18.3 Å². The van der Waals surface area contributed by atoms with E-state index in [0.717, 1.165) is 17.3 Å². The summed E-state index contributed by atoms with van der Waals surface area (Å²) in [5.74, 6) is -0.504. The molecule has 3 rings (SSSR count). The van der Waals surface area contributed by atoms with Gasteiger partial charge in [0.2, 0.25) is 0 Å². The van der Waals surface area contributed by atoms with Gasteiger partial charge in [-0.15, -0.1) is 0 Å². The zero-order valence-electron chi connectivity index (χ0n) is 13.8. The molecule has 25 heavy (non-hydrogen) atoms. The Kier molecular flexibility index (Phi) is 4.55. The van der Waals surface area contributed by atoms with Gasteiger partial charge in [0.05, 0.1) is 23.5 Å². The number of nitrogens with zero attached hydrogens (tertiary/aromatic N) is 1. The first kappa shape index (κ1) is 17.5. The number of rotatable bonds is 3. The number of nitrogens with one attached hydrogen (secondary N) is 2. The lowest BCUT2D eigenvalue weighted by molar-refractivity contribution is -0.138. The Labute approximate surface area is 142 Å². The van der Waals surface area contributed by atoms with Crippen LogP contribution in [-0.2, 0) is 23.9 Å². The summed E-state index contributed by atoms with van der Waals surface area (Å²) < 4.78 is 44.7. The third kappa shape index (κ3) is 3.53. The summed E-state index contributed by atoms with van der Waals surface area (Å²) in [6.07, 6.45) is -4.20. The zero-order valence-corrected chi connectivity index (χ0v) is 13.8. The van der Waals surface area contributed by atoms with Crippen LogP contribution >= 0.6 is 0 Å². The van der Waals surface area contributed by atoms with E-state index in [4.69, 9.17) is 4.74 Å². The number of benzene rings is 1. The van der Waals surface area contributed by atoms with E-state index in [-0.39, 0.29) is 30.0 Å². The molecule has 0 saturated heterocycles. The SMILES string of the molecule is C[C@@H]1Cc2c(C(=O)NCc3ccccc3C(F)(F)F)n[nH]c2[C@H](C)O1. The van der Waals surface area contributed by atoms with Crippen LogP contribution in [0, 0.1) is 0 Å². The maximum atomic E-state index is 13.0. The summed E-state index contributed by atoms with van der Waals surface area (Å²) in [5.41, 5.74) is 0.959. The molecule has 2 heterocycles. The summed E-state index contributed by atoms with van der Waals surface area (Å²) in [6.45, 7) is 3.53. The molecule has 0 fully saturated rings. The Morgan fingerprint density at radius 1 is 1.36 bits per heavy atom.